The summed E-state index contributed by atoms with van der Waals surface area (Å²) in [6.07, 6.45) is 0. The summed E-state index contributed by atoms with van der Waals surface area (Å²) in [7, 11) is 2.85. The number of nitrogens with two attached hydrogens (primary N) is 1. The SMILES string of the molecule is COC(=O)c1sc(NCc2cccc(C)c2)c(OC)c1N. The Labute approximate surface area is 127 Å². The topological polar surface area (TPSA) is 73.6 Å². The number of nitrogen functional groups attached to an aromatic ring is 1. The summed E-state index contributed by atoms with van der Waals surface area (Å²) < 4.78 is 10.00. The maximum absolute atomic E-state index is 11.7. The van der Waals surface area contributed by atoms with E-state index in [2.05, 4.69) is 11.4 Å². The lowest BCUT2D eigenvalue weighted by Gasteiger charge is -2.07. The van der Waals surface area contributed by atoms with Gasteiger partial charge in [0.1, 0.15) is 15.6 Å². The maximum Gasteiger partial charge on any atom is 0.350 e. The molecule has 1 aromatic carbocycles. The van der Waals surface area contributed by atoms with E-state index in [4.69, 9.17) is 15.2 Å². The Morgan fingerprint density at radius 3 is 2.76 bits per heavy atom. The maximum atomic E-state index is 11.7. The molecule has 0 aliphatic carbocycles. The van der Waals surface area contributed by atoms with Crippen LogP contribution in [-0.2, 0) is 11.3 Å². The fourth-order valence-electron chi connectivity index (χ4n) is 2.00. The largest absolute Gasteiger partial charge is 0.492 e. The van der Waals surface area contributed by atoms with Crippen molar-refractivity contribution >= 4 is 28.0 Å². The van der Waals surface area contributed by atoms with Gasteiger partial charge in [-0.25, -0.2) is 4.79 Å². The molecule has 1 heterocycles. The van der Waals surface area contributed by atoms with Crippen LogP contribution in [0.25, 0.3) is 0 Å². The van der Waals surface area contributed by atoms with Crippen LogP contribution in [0.4, 0.5) is 10.7 Å². The van der Waals surface area contributed by atoms with Crippen molar-refractivity contribution in [2.45, 2.75) is 13.5 Å². The van der Waals surface area contributed by atoms with E-state index in [-0.39, 0.29) is 0 Å². The summed E-state index contributed by atoms with van der Waals surface area (Å²) in [5.74, 6) is 0.0208. The first-order chi connectivity index (χ1) is 10.1. The lowest BCUT2D eigenvalue weighted by atomic mass is 10.1. The van der Waals surface area contributed by atoms with Crippen molar-refractivity contribution in [2.75, 3.05) is 25.3 Å². The third kappa shape index (κ3) is 3.28. The van der Waals surface area contributed by atoms with Crippen LogP contribution in [0.3, 0.4) is 0 Å². The minimum Gasteiger partial charge on any atom is -0.492 e. The third-order valence-electron chi connectivity index (χ3n) is 3.01. The number of hydrogen-bond donors (Lipinski definition) is 2. The molecule has 5 nitrogen and oxygen atoms in total. The number of carbonyl (C=O) groups excluding carboxylic acids is 1. The van der Waals surface area contributed by atoms with E-state index >= 15 is 0 Å². The molecule has 1 aromatic heterocycles. The first-order valence-electron chi connectivity index (χ1n) is 6.40. The second kappa shape index (κ2) is 6.49. The highest BCUT2D eigenvalue weighted by Gasteiger charge is 2.22. The van der Waals surface area contributed by atoms with Crippen molar-refractivity contribution in [1.29, 1.82) is 0 Å². The van der Waals surface area contributed by atoms with Crippen molar-refractivity contribution in [3.63, 3.8) is 0 Å². The molecule has 112 valence electrons. The van der Waals surface area contributed by atoms with Crippen LogP contribution in [0.5, 0.6) is 5.75 Å². The molecule has 0 atom stereocenters. The van der Waals surface area contributed by atoms with Gasteiger partial charge >= 0.3 is 5.97 Å². The monoisotopic (exact) mass is 306 g/mol. The van der Waals surface area contributed by atoms with E-state index in [1.807, 2.05) is 25.1 Å². The first kappa shape index (κ1) is 15.2. The molecule has 0 unspecified atom stereocenters. The number of hydrogen-bond acceptors (Lipinski definition) is 6. The van der Waals surface area contributed by atoms with Gasteiger partial charge in [0.25, 0.3) is 0 Å². The smallest absolute Gasteiger partial charge is 0.350 e. The molecule has 0 saturated carbocycles. The highest BCUT2D eigenvalue weighted by atomic mass is 32.1. The molecule has 0 spiro atoms. The number of rotatable bonds is 5. The number of benzene rings is 1. The molecular formula is C15H18N2O3S. The van der Waals surface area contributed by atoms with Crippen LogP contribution in [0, 0.1) is 6.92 Å². The molecule has 0 saturated heterocycles. The Morgan fingerprint density at radius 1 is 1.38 bits per heavy atom. The van der Waals surface area contributed by atoms with Gasteiger partial charge in [0.2, 0.25) is 0 Å². The molecule has 2 rings (SSSR count). The van der Waals surface area contributed by atoms with E-state index in [0.717, 1.165) is 10.6 Å². The third-order valence-corrected chi connectivity index (χ3v) is 4.13. The number of anilines is 2. The zero-order chi connectivity index (χ0) is 15.4. The van der Waals surface area contributed by atoms with E-state index in [1.165, 1.54) is 31.1 Å². The summed E-state index contributed by atoms with van der Waals surface area (Å²) in [5, 5.41) is 3.97. The lowest BCUT2D eigenvalue weighted by molar-refractivity contribution is 0.0607. The lowest BCUT2D eigenvalue weighted by Crippen LogP contribution is -2.02. The molecule has 3 N–H and O–H groups in total. The summed E-state index contributed by atoms with van der Waals surface area (Å²) in [6, 6.07) is 8.18. The van der Waals surface area contributed by atoms with Gasteiger partial charge in [0.05, 0.1) is 14.2 Å². The summed E-state index contributed by atoms with van der Waals surface area (Å²) in [4.78, 5) is 12.0. The summed E-state index contributed by atoms with van der Waals surface area (Å²) in [6.45, 7) is 2.67. The van der Waals surface area contributed by atoms with Gasteiger partial charge in [0.15, 0.2) is 5.75 Å². The second-order valence-corrected chi connectivity index (χ2v) is 5.56. The number of methoxy groups -OCH3 is 2. The van der Waals surface area contributed by atoms with Gasteiger partial charge in [-0.3, -0.25) is 0 Å². The molecule has 0 aliphatic heterocycles. The average Bonchev–Trinajstić information content (AvgIpc) is 2.80. The molecule has 21 heavy (non-hydrogen) atoms. The average molecular weight is 306 g/mol. The minimum absolute atomic E-state index is 0.307. The van der Waals surface area contributed by atoms with Crippen LogP contribution < -0.4 is 15.8 Å². The van der Waals surface area contributed by atoms with Gasteiger partial charge in [-0.15, -0.1) is 11.3 Å². The molecule has 0 bridgehead atoms. The van der Waals surface area contributed by atoms with E-state index < -0.39 is 5.97 Å². The fourth-order valence-corrected chi connectivity index (χ4v) is 3.00. The van der Waals surface area contributed by atoms with Crippen LogP contribution >= 0.6 is 11.3 Å². The van der Waals surface area contributed by atoms with Crippen molar-refractivity contribution in [1.82, 2.24) is 0 Å². The van der Waals surface area contributed by atoms with Crippen molar-refractivity contribution in [3.05, 3.63) is 40.3 Å². The zero-order valence-corrected chi connectivity index (χ0v) is 13.0. The highest BCUT2D eigenvalue weighted by molar-refractivity contribution is 7.19. The van der Waals surface area contributed by atoms with E-state index in [1.54, 1.807) is 0 Å². The zero-order valence-electron chi connectivity index (χ0n) is 12.2. The minimum atomic E-state index is -0.459. The fraction of sp³-hybridized carbons (Fsp3) is 0.267. The second-order valence-electron chi connectivity index (χ2n) is 4.54. The molecule has 0 aliphatic rings. The number of nitrogens with one attached hydrogen (secondary N) is 1. The van der Waals surface area contributed by atoms with Gasteiger partial charge in [-0.1, -0.05) is 29.8 Å². The molecule has 6 heteroatoms. The number of ether oxygens (including phenoxy) is 2. The van der Waals surface area contributed by atoms with Crippen molar-refractivity contribution < 1.29 is 14.3 Å². The number of aryl methyl sites for hydroxylation is 1. The Bertz CT molecular complexity index is 652. The highest BCUT2D eigenvalue weighted by Crippen LogP contribution is 2.42. The van der Waals surface area contributed by atoms with Crippen LogP contribution in [0.15, 0.2) is 24.3 Å². The Balaban J connectivity index is 2.21. The van der Waals surface area contributed by atoms with Gasteiger partial charge in [-0.05, 0) is 12.5 Å². The number of esters is 1. The molecule has 0 fully saturated rings. The van der Waals surface area contributed by atoms with Gasteiger partial charge < -0.3 is 20.5 Å². The van der Waals surface area contributed by atoms with Crippen LogP contribution in [0.2, 0.25) is 0 Å². The quantitative estimate of drug-likeness (QED) is 0.831. The van der Waals surface area contributed by atoms with Crippen molar-refractivity contribution in [3.8, 4) is 5.75 Å². The summed E-state index contributed by atoms with van der Waals surface area (Å²) >= 11 is 1.23. The van der Waals surface area contributed by atoms with Crippen LogP contribution in [0.1, 0.15) is 20.8 Å². The first-order valence-corrected chi connectivity index (χ1v) is 7.22. The number of carbonyl (C=O) groups is 1. The Kier molecular flexibility index (Phi) is 4.70. The van der Waals surface area contributed by atoms with Crippen molar-refractivity contribution in [2.24, 2.45) is 0 Å². The standard InChI is InChI=1S/C15H18N2O3S/c1-9-5-4-6-10(7-9)8-17-14-12(19-2)11(16)13(21-14)15(18)20-3/h4-7,17H,8,16H2,1-3H3. The Morgan fingerprint density at radius 2 is 2.14 bits per heavy atom. The summed E-state index contributed by atoms with van der Waals surface area (Å²) in [5.41, 5.74) is 8.57. The predicted molar refractivity (Wildman–Crippen MR) is 85.1 cm³/mol. The van der Waals surface area contributed by atoms with E-state index in [0.29, 0.717) is 22.9 Å². The van der Waals surface area contributed by atoms with E-state index in [9.17, 15) is 4.79 Å². The van der Waals surface area contributed by atoms with Gasteiger partial charge in [0, 0.05) is 6.54 Å². The molecule has 0 radical (unpaired) electrons. The molecular weight excluding hydrogens is 288 g/mol. The number of thiophene rings is 1. The van der Waals surface area contributed by atoms with Crippen LogP contribution in [-0.4, -0.2) is 20.2 Å². The predicted octanol–water partition coefficient (Wildman–Crippen LogP) is 3.05. The Hall–Kier alpha value is -2.21. The molecule has 0 amide bonds. The normalized spacial score (nSPS) is 10.2. The molecule has 2 aromatic rings. The van der Waals surface area contributed by atoms with Gasteiger partial charge in [-0.2, -0.15) is 0 Å².